The van der Waals surface area contributed by atoms with E-state index in [4.69, 9.17) is 0 Å². The van der Waals surface area contributed by atoms with Crippen molar-refractivity contribution in [3.63, 3.8) is 0 Å². The molecule has 1 aliphatic rings. The van der Waals surface area contributed by atoms with Crippen LogP contribution in [-0.4, -0.2) is 54.6 Å². The summed E-state index contributed by atoms with van der Waals surface area (Å²) in [6, 6.07) is 7.98. The molecule has 0 bridgehead atoms. The molecule has 1 aromatic rings. The van der Waals surface area contributed by atoms with Crippen LogP contribution in [0.25, 0.3) is 0 Å². The van der Waals surface area contributed by atoms with Crippen LogP contribution in [0, 0.1) is 0 Å². The van der Waals surface area contributed by atoms with E-state index in [1.165, 1.54) is 4.31 Å². The minimum absolute atomic E-state index is 0.0438. The van der Waals surface area contributed by atoms with E-state index in [0.29, 0.717) is 13.0 Å². The van der Waals surface area contributed by atoms with Crippen molar-refractivity contribution in [1.29, 1.82) is 0 Å². The monoisotopic (exact) mass is 340 g/mol. The summed E-state index contributed by atoms with van der Waals surface area (Å²) in [5.74, 6) is -1.47. The van der Waals surface area contributed by atoms with Crippen LogP contribution in [0.15, 0.2) is 30.3 Å². The number of carbonyl (C=O) groups excluding carboxylic acids is 1. The van der Waals surface area contributed by atoms with Gasteiger partial charge in [-0.2, -0.15) is 0 Å². The Morgan fingerprint density at radius 2 is 1.96 bits per heavy atom. The van der Waals surface area contributed by atoms with Crippen LogP contribution in [0.1, 0.15) is 18.4 Å². The number of hydrogen-bond acceptors (Lipinski definition) is 4. The third kappa shape index (κ3) is 5.04. The lowest BCUT2D eigenvalue weighted by molar-refractivity contribution is -0.141. The molecule has 23 heavy (non-hydrogen) atoms. The molecule has 7 nitrogen and oxygen atoms in total. The molecule has 0 aliphatic carbocycles. The molecule has 1 atom stereocenters. The van der Waals surface area contributed by atoms with Gasteiger partial charge in [0.15, 0.2) is 0 Å². The molecule has 1 amide bonds. The van der Waals surface area contributed by atoms with E-state index >= 15 is 0 Å². The van der Waals surface area contributed by atoms with E-state index in [1.807, 2.05) is 6.07 Å². The lowest BCUT2D eigenvalue weighted by atomic mass is 10.1. The van der Waals surface area contributed by atoms with Crippen LogP contribution in [0.5, 0.6) is 0 Å². The minimum Gasteiger partial charge on any atom is -0.480 e. The van der Waals surface area contributed by atoms with Gasteiger partial charge in [0, 0.05) is 25.9 Å². The van der Waals surface area contributed by atoms with Crippen molar-refractivity contribution in [2.45, 2.75) is 25.3 Å². The number of carboxylic acids is 1. The zero-order valence-electron chi connectivity index (χ0n) is 12.6. The zero-order chi connectivity index (χ0) is 16.9. The molecule has 1 aliphatic heterocycles. The number of sulfonamides is 1. The average Bonchev–Trinajstić information content (AvgIpc) is 2.84. The van der Waals surface area contributed by atoms with Gasteiger partial charge in [0.1, 0.15) is 6.04 Å². The SMILES string of the molecule is O=C(CCN1CCCS1(=O)=O)NC(Cc1ccccc1)C(=O)O. The lowest BCUT2D eigenvalue weighted by Crippen LogP contribution is -2.43. The summed E-state index contributed by atoms with van der Waals surface area (Å²) in [5.41, 5.74) is 0.808. The Kier molecular flexibility index (Phi) is 5.73. The van der Waals surface area contributed by atoms with Gasteiger partial charge in [-0.3, -0.25) is 4.79 Å². The van der Waals surface area contributed by atoms with Gasteiger partial charge < -0.3 is 10.4 Å². The third-order valence-electron chi connectivity index (χ3n) is 3.71. The number of hydrogen-bond donors (Lipinski definition) is 2. The van der Waals surface area contributed by atoms with Gasteiger partial charge in [-0.15, -0.1) is 0 Å². The first-order valence-electron chi connectivity index (χ1n) is 7.42. The highest BCUT2D eigenvalue weighted by molar-refractivity contribution is 7.89. The highest BCUT2D eigenvalue weighted by Gasteiger charge is 2.28. The maximum Gasteiger partial charge on any atom is 0.326 e. The first-order valence-corrected chi connectivity index (χ1v) is 9.03. The maximum atomic E-state index is 11.9. The summed E-state index contributed by atoms with van der Waals surface area (Å²) >= 11 is 0. The van der Waals surface area contributed by atoms with E-state index in [0.717, 1.165) is 5.56 Å². The fourth-order valence-electron chi connectivity index (χ4n) is 2.48. The van der Waals surface area contributed by atoms with E-state index < -0.39 is 27.9 Å². The lowest BCUT2D eigenvalue weighted by Gasteiger charge is -2.17. The van der Waals surface area contributed by atoms with Crippen LogP contribution in [0.4, 0.5) is 0 Å². The number of nitrogens with one attached hydrogen (secondary N) is 1. The van der Waals surface area contributed by atoms with Crippen LogP contribution < -0.4 is 5.32 Å². The molecule has 0 radical (unpaired) electrons. The maximum absolute atomic E-state index is 11.9. The van der Waals surface area contributed by atoms with Crippen LogP contribution in [-0.2, 0) is 26.0 Å². The van der Waals surface area contributed by atoms with Gasteiger partial charge in [-0.25, -0.2) is 17.5 Å². The van der Waals surface area contributed by atoms with Crippen molar-refractivity contribution in [2.75, 3.05) is 18.8 Å². The molecular formula is C15H20N2O5S. The number of nitrogens with zero attached hydrogens (tertiary/aromatic N) is 1. The number of aliphatic carboxylic acids is 1. The van der Waals surface area contributed by atoms with Crippen molar-refractivity contribution in [2.24, 2.45) is 0 Å². The molecule has 2 N–H and O–H groups in total. The summed E-state index contributed by atoms with van der Waals surface area (Å²) in [6.45, 7) is 0.508. The topological polar surface area (TPSA) is 104 Å². The van der Waals surface area contributed by atoms with Gasteiger partial charge in [-0.1, -0.05) is 30.3 Å². The molecule has 2 rings (SSSR count). The highest BCUT2D eigenvalue weighted by Crippen LogP contribution is 2.13. The van der Waals surface area contributed by atoms with Crippen molar-refractivity contribution in [1.82, 2.24) is 9.62 Å². The minimum atomic E-state index is -3.24. The average molecular weight is 340 g/mol. The largest absolute Gasteiger partial charge is 0.480 e. The second-order valence-corrected chi connectivity index (χ2v) is 7.56. The Balaban J connectivity index is 1.87. The van der Waals surface area contributed by atoms with Crippen molar-refractivity contribution < 1.29 is 23.1 Å². The number of benzene rings is 1. The third-order valence-corrected chi connectivity index (χ3v) is 5.66. The fourth-order valence-corrected chi connectivity index (χ4v) is 4.01. The number of rotatable bonds is 7. The normalized spacial score (nSPS) is 18.4. The standard InChI is InChI=1S/C15H20N2O5S/c18-14(7-9-17-8-4-10-23(17,21)22)16-13(15(19)20)11-12-5-2-1-3-6-12/h1-3,5-6,13H,4,7-11H2,(H,16,18)(H,19,20). The van der Waals surface area contributed by atoms with Gasteiger partial charge in [-0.05, 0) is 12.0 Å². The molecular weight excluding hydrogens is 320 g/mol. The van der Waals surface area contributed by atoms with Gasteiger partial charge >= 0.3 is 5.97 Å². The zero-order valence-corrected chi connectivity index (χ0v) is 13.5. The first kappa shape index (κ1) is 17.4. The molecule has 1 fully saturated rings. The van der Waals surface area contributed by atoms with Crippen molar-refractivity contribution >= 4 is 21.9 Å². The number of amides is 1. The quantitative estimate of drug-likeness (QED) is 0.739. The van der Waals surface area contributed by atoms with Gasteiger partial charge in [0.2, 0.25) is 15.9 Å². The van der Waals surface area contributed by atoms with E-state index in [1.54, 1.807) is 24.3 Å². The molecule has 0 aromatic heterocycles. The summed E-state index contributed by atoms with van der Waals surface area (Å²) < 4.78 is 24.6. The van der Waals surface area contributed by atoms with E-state index in [9.17, 15) is 23.1 Å². The summed E-state index contributed by atoms with van der Waals surface area (Å²) in [5, 5.41) is 11.7. The molecule has 1 unspecified atom stereocenters. The summed E-state index contributed by atoms with van der Waals surface area (Å²) in [7, 11) is -3.24. The first-order chi connectivity index (χ1) is 10.9. The molecule has 0 spiro atoms. The second kappa shape index (κ2) is 7.56. The predicted molar refractivity (Wildman–Crippen MR) is 84.3 cm³/mol. The van der Waals surface area contributed by atoms with Gasteiger partial charge in [0.05, 0.1) is 5.75 Å². The Morgan fingerprint density at radius 1 is 1.26 bits per heavy atom. The van der Waals surface area contributed by atoms with Crippen molar-refractivity contribution in [3.05, 3.63) is 35.9 Å². The van der Waals surface area contributed by atoms with Crippen molar-refractivity contribution in [3.8, 4) is 0 Å². The fraction of sp³-hybridized carbons (Fsp3) is 0.467. The van der Waals surface area contributed by atoms with Crippen LogP contribution >= 0.6 is 0 Å². The highest BCUT2D eigenvalue weighted by atomic mass is 32.2. The number of carbonyl (C=O) groups is 2. The Labute approximate surface area is 135 Å². The van der Waals surface area contributed by atoms with Gasteiger partial charge in [0.25, 0.3) is 0 Å². The van der Waals surface area contributed by atoms with E-state index in [2.05, 4.69) is 5.32 Å². The smallest absolute Gasteiger partial charge is 0.326 e. The summed E-state index contributed by atoms with van der Waals surface area (Å²) in [4.78, 5) is 23.2. The molecule has 1 saturated heterocycles. The van der Waals surface area contributed by atoms with E-state index in [-0.39, 0.29) is 25.1 Å². The summed E-state index contributed by atoms with van der Waals surface area (Å²) in [6.07, 6.45) is 0.706. The number of carboxylic acid groups (broad SMARTS) is 1. The van der Waals surface area contributed by atoms with Crippen LogP contribution in [0.3, 0.4) is 0 Å². The molecule has 126 valence electrons. The molecule has 1 heterocycles. The Morgan fingerprint density at radius 3 is 2.52 bits per heavy atom. The Hall–Kier alpha value is -1.93. The molecule has 1 aromatic carbocycles. The second-order valence-electron chi connectivity index (χ2n) is 5.47. The van der Waals surface area contributed by atoms with Crippen LogP contribution in [0.2, 0.25) is 0 Å². The molecule has 0 saturated carbocycles. The Bertz CT molecular complexity index is 660. The predicted octanol–water partition coefficient (Wildman–Crippen LogP) is 0.224. The molecule has 8 heteroatoms.